The van der Waals surface area contributed by atoms with E-state index in [4.69, 9.17) is 0 Å². The normalized spacial score (nSPS) is 35.4. The van der Waals surface area contributed by atoms with E-state index in [0.717, 1.165) is 17.6 Å². The summed E-state index contributed by atoms with van der Waals surface area (Å²) in [5.41, 5.74) is 2.40. The van der Waals surface area contributed by atoms with Crippen molar-refractivity contribution in [2.45, 2.75) is 27.2 Å². The molecule has 0 aromatic heterocycles. The van der Waals surface area contributed by atoms with Crippen molar-refractivity contribution in [3.8, 4) is 0 Å². The van der Waals surface area contributed by atoms with Gasteiger partial charge in [-0.1, -0.05) is 51.1 Å². The van der Waals surface area contributed by atoms with Crippen LogP contribution < -0.4 is 0 Å². The third-order valence-electron chi connectivity index (χ3n) is 5.16. The average Bonchev–Trinajstić information content (AvgIpc) is 2.34. The van der Waals surface area contributed by atoms with Crippen LogP contribution in [0.5, 0.6) is 0 Å². The molecule has 94 valence electrons. The van der Waals surface area contributed by atoms with Gasteiger partial charge in [-0.15, -0.1) is 0 Å². The lowest BCUT2D eigenvalue weighted by Gasteiger charge is -2.59. The van der Waals surface area contributed by atoms with E-state index >= 15 is 0 Å². The van der Waals surface area contributed by atoms with Crippen molar-refractivity contribution >= 4 is 11.9 Å². The Hall–Kier alpha value is -1.37. The lowest BCUT2D eigenvalue weighted by molar-refractivity contribution is -0.146. The predicted molar refractivity (Wildman–Crippen MR) is 74.0 cm³/mol. The van der Waals surface area contributed by atoms with Gasteiger partial charge in [-0.25, -0.2) is 0 Å². The molecule has 1 aromatic rings. The maximum Gasteiger partial charge on any atom is 0.162 e. The summed E-state index contributed by atoms with van der Waals surface area (Å²) in [6.07, 6.45) is 3.19. The highest BCUT2D eigenvalue weighted by Crippen LogP contribution is 2.61. The predicted octanol–water partition coefficient (Wildman–Crippen LogP) is 3.95. The summed E-state index contributed by atoms with van der Waals surface area (Å²) >= 11 is 0. The Morgan fingerprint density at radius 2 is 1.89 bits per heavy atom. The summed E-state index contributed by atoms with van der Waals surface area (Å²) in [5, 5.41) is 0. The molecular formula is C17H20O. The molecule has 1 heteroatoms. The standard InChI is InChI=1S/C17H20O/c1-11-13(9-12-7-5-4-6-8-12)16(18)15-10-14(11)17(15,2)3/h4-9,11,14-15H,10H2,1-3H3/b13-9-. The van der Waals surface area contributed by atoms with Crippen molar-refractivity contribution in [1.29, 1.82) is 0 Å². The quantitative estimate of drug-likeness (QED) is 0.679. The number of carbonyl (C=O) groups excluding carboxylic acids is 1. The van der Waals surface area contributed by atoms with E-state index in [0.29, 0.717) is 17.6 Å². The molecule has 1 aromatic carbocycles. The minimum absolute atomic E-state index is 0.213. The van der Waals surface area contributed by atoms with Crippen LogP contribution in [-0.4, -0.2) is 5.78 Å². The van der Waals surface area contributed by atoms with Crippen LogP contribution in [0.1, 0.15) is 32.8 Å². The van der Waals surface area contributed by atoms with Crippen LogP contribution in [0.4, 0.5) is 0 Å². The van der Waals surface area contributed by atoms with Gasteiger partial charge in [-0.05, 0) is 40.9 Å². The molecule has 3 aliphatic carbocycles. The van der Waals surface area contributed by atoms with E-state index in [-0.39, 0.29) is 11.3 Å². The van der Waals surface area contributed by atoms with Gasteiger partial charge in [0.1, 0.15) is 0 Å². The molecule has 3 fully saturated rings. The molecular weight excluding hydrogens is 220 g/mol. The van der Waals surface area contributed by atoms with Gasteiger partial charge in [0.2, 0.25) is 0 Å². The summed E-state index contributed by atoms with van der Waals surface area (Å²) in [4.78, 5) is 12.5. The molecule has 0 amide bonds. The lowest BCUT2D eigenvalue weighted by Crippen LogP contribution is -2.57. The molecule has 3 aliphatic rings. The number of benzene rings is 1. The van der Waals surface area contributed by atoms with Crippen molar-refractivity contribution in [3.05, 3.63) is 41.5 Å². The largest absolute Gasteiger partial charge is 0.294 e. The Labute approximate surface area is 109 Å². The molecule has 3 unspecified atom stereocenters. The number of hydrogen-bond acceptors (Lipinski definition) is 1. The fraction of sp³-hybridized carbons (Fsp3) is 0.471. The number of carbonyl (C=O) groups is 1. The second-order valence-electron chi connectivity index (χ2n) is 6.38. The molecule has 2 bridgehead atoms. The first-order chi connectivity index (χ1) is 8.51. The molecule has 18 heavy (non-hydrogen) atoms. The Morgan fingerprint density at radius 3 is 2.44 bits per heavy atom. The summed E-state index contributed by atoms with van der Waals surface area (Å²) in [7, 11) is 0. The first kappa shape index (κ1) is 11.7. The van der Waals surface area contributed by atoms with Crippen molar-refractivity contribution in [3.63, 3.8) is 0 Å². The van der Waals surface area contributed by atoms with Gasteiger partial charge < -0.3 is 0 Å². The van der Waals surface area contributed by atoms with Crippen molar-refractivity contribution in [2.24, 2.45) is 23.2 Å². The molecule has 0 saturated heterocycles. The zero-order valence-corrected chi connectivity index (χ0v) is 11.3. The fourth-order valence-corrected chi connectivity index (χ4v) is 3.83. The summed E-state index contributed by atoms with van der Waals surface area (Å²) < 4.78 is 0. The zero-order valence-electron chi connectivity index (χ0n) is 11.3. The van der Waals surface area contributed by atoms with Crippen LogP contribution in [0.25, 0.3) is 6.08 Å². The Balaban J connectivity index is 1.96. The fourth-order valence-electron chi connectivity index (χ4n) is 3.83. The number of rotatable bonds is 1. The Morgan fingerprint density at radius 1 is 1.22 bits per heavy atom. The van der Waals surface area contributed by atoms with Crippen LogP contribution in [0.15, 0.2) is 35.9 Å². The molecule has 0 N–H and O–H groups in total. The highest BCUT2D eigenvalue weighted by Gasteiger charge is 2.58. The molecule has 1 nitrogen and oxygen atoms in total. The van der Waals surface area contributed by atoms with E-state index in [1.807, 2.05) is 18.2 Å². The zero-order chi connectivity index (χ0) is 12.9. The highest BCUT2D eigenvalue weighted by atomic mass is 16.1. The van der Waals surface area contributed by atoms with Gasteiger partial charge in [0.25, 0.3) is 0 Å². The number of allylic oxidation sites excluding steroid dienone is 1. The molecule has 0 radical (unpaired) electrons. The van der Waals surface area contributed by atoms with E-state index in [2.05, 4.69) is 39.0 Å². The van der Waals surface area contributed by atoms with Gasteiger partial charge in [-0.2, -0.15) is 0 Å². The van der Waals surface area contributed by atoms with Crippen LogP contribution in [0, 0.1) is 23.2 Å². The first-order valence-corrected chi connectivity index (χ1v) is 6.82. The molecule has 4 rings (SSSR count). The second kappa shape index (κ2) is 3.81. The van der Waals surface area contributed by atoms with Crippen molar-refractivity contribution in [1.82, 2.24) is 0 Å². The van der Waals surface area contributed by atoms with Crippen LogP contribution in [0.3, 0.4) is 0 Å². The van der Waals surface area contributed by atoms with Gasteiger partial charge in [0, 0.05) is 5.92 Å². The van der Waals surface area contributed by atoms with Crippen molar-refractivity contribution < 1.29 is 4.79 Å². The monoisotopic (exact) mass is 240 g/mol. The summed E-state index contributed by atoms with van der Waals surface area (Å²) in [6, 6.07) is 10.2. The topological polar surface area (TPSA) is 17.1 Å². The molecule has 3 saturated carbocycles. The van der Waals surface area contributed by atoms with Gasteiger partial charge in [0.15, 0.2) is 5.78 Å². The SMILES string of the molecule is CC1/C(=C/c2ccccc2)C(=O)C2CC1C2(C)C. The van der Waals surface area contributed by atoms with Gasteiger partial charge in [0.05, 0.1) is 0 Å². The minimum Gasteiger partial charge on any atom is -0.294 e. The highest BCUT2D eigenvalue weighted by molar-refractivity contribution is 6.04. The third kappa shape index (κ3) is 1.50. The summed E-state index contributed by atoms with van der Waals surface area (Å²) in [6.45, 7) is 6.72. The smallest absolute Gasteiger partial charge is 0.162 e. The summed E-state index contributed by atoms with van der Waals surface area (Å²) in [5.74, 6) is 1.72. The lowest BCUT2D eigenvalue weighted by atomic mass is 9.44. The van der Waals surface area contributed by atoms with Gasteiger partial charge in [-0.3, -0.25) is 4.79 Å². The molecule has 0 aliphatic heterocycles. The molecule has 0 spiro atoms. The molecule has 3 atom stereocenters. The van der Waals surface area contributed by atoms with Crippen molar-refractivity contribution in [2.75, 3.05) is 0 Å². The minimum atomic E-state index is 0.213. The van der Waals surface area contributed by atoms with E-state index in [1.165, 1.54) is 0 Å². The number of ketones is 1. The maximum absolute atomic E-state index is 12.5. The number of hydrogen-bond donors (Lipinski definition) is 0. The van der Waals surface area contributed by atoms with Crippen LogP contribution in [0.2, 0.25) is 0 Å². The molecule has 0 heterocycles. The Bertz CT molecular complexity index is 510. The van der Waals surface area contributed by atoms with Crippen LogP contribution in [-0.2, 0) is 4.79 Å². The van der Waals surface area contributed by atoms with Gasteiger partial charge >= 0.3 is 0 Å². The van der Waals surface area contributed by atoms with Crippen LogP contribution >= 0.6 is 0 Å². The second-order valence-corrected chi connectivity index (χ2v) is 6.38. The van der Waals surface area contributed by atoms with E-state index < -0.39 is 0 Å². The van der Waals surface area contributed by atoms with E-state index in [9.17, 15) is 4.79 Å². The Kier molecular flexibility index (Phi) is 2.48. The maximum atomic E-state index is 12.5. The number of Topliss-reactive ketones (excluding diaryl/α,β-unsaturated/α-hetero) is 1. The first-order valence-electron chi connectivity index (χ1n) is 6.82. The third-order valence-corrected chi connectivity index (χ3v) is 5.16. The number of fused-ring (bicyclic) bond motifs is 2. The van der Waals surface area contributed by atoms with E-state index in [1.54, 1.807) is 0 Å². The average molecular weight is 240 g/mol.